The van der Waals surface area contributed by atoms with Gasteiger partial charge in [0, 0.05) is 0 Å². The van der Waals surface area contributed by atoms with Crippen molar-refractivity contribution in [3.63, 3.8) is 0 Å². The number of rotatable bonds is 14. The van der Waals surface area contributed by atoms with Gasteiger partial charge >= 0.3 is 11.9 Å². The number of hydrogen-bond donors (Lipinski definition) is 0. The molecule has 0 spiro atoms. The van der Waals surface area contributed by atoms with Crippen LogP contribution in [0.5, 0.6) is 0 Å². The molecule has 1 saturated carbocycles. The minimum absolute atomic E-state index is 0.188. The second kappa shape index (κ2) is 14.8. The van der Waals surface area contributed by atoms with Gasteiger partial charge in [-0.05, 0) is 49.9 Å². The molecule has 5 atom stereocenters. The lowest BCUT2D eigenvalue weighted by atomic mass is 9.74. The second-order valence-electron chi connectivity index (χ2n) is 9.22. The maximum Gasteiger partial charge on any atom is 0.309 e. The van der Waals surface area contributed by atoms with Crippen LogP contribution in [0.4, 0.5) is 0 Å². The van der Waals surface area contributed by atoms with E-state index >= 15 is 0 Å². The molecule has 0 aromatic heterocycles. The van der Waals surface area contributed by atoms with Crippen molar-refractivity contribution >= 4 is 11.9 Å². The van der Waals surface area contributed by atoms with E-state index in [2.05, 4.69) is 34.6 Å². The van der Waals surface area contributed by atoms with E-state index in [9.17, 15) is 9.59 Å². The summed E-state index contributed by atoms with van der Waals surface area (Å²) >= 11 is 0. The van der Waals surface area contributed by atoms with Crippen LogP contribution in [0, 0.1) is 29.6 Å². The van der Waals surface area contributed by atoms with E-state index in [1.165, 1.54) is 12.8 Å². The zero-order valence-corrected chi connectivity index (χ0v) is 19.7. The van der Waals surface area contributed by atoms with Gasteiger partial charge in [-0.3, -0.25) is 9.59 Å². The fraction of sp³-hybridized carbons (Fsp3) is 0.920. The van der Waals surface area contributed by atoms with E-state index in [-0.39, 0.29) is 23.8 Å². The number of ether oxygens (including phenoxy) is 2. The van der Waals surface area contributed by atoms with Crippen molar-refractivity contribution in [2.75, 3.05) is 13.2 Å². The largest absolute Gasteiger partial charge is 0.465 e. The van der Waals surface area contributed by atoms with Crippen LogP contribution in [-0.2, 0) is 19.1 Å². The Morgan fingerprint density at radius 2 is 1.28 bits per heavy atom. The molecular weight excluding hydrogens is 364 g/mol. The number of hydrogen-bond acceptors (Lipinski definition) is 4. The average Bonchev–Trinajstić information content (AvgIpc) is 2.73. The van der Waals surface area contributed by atoms with Crippen LogP contribution in [0.3, 0.4) is 0 Å². The van der Waals surface area contributed by atoms with Crippen molar-refractivity contribution in [3.05, 3.63) is 0 Å². The Morgan fingerprint density at radius 3 is 1.72 bits per heavy atom. The second-order valence-corrected chi connectivity index (χ2v) is 9.22. The molecular formula is C25H46O4. The maximum absolute atomic E-state index is 12.9. The summed E-state index contributed by atoms with van der Waals surface area (Å²) in [7, 11) is 0. The Bertz CT molecular complexity index is 462. The van der Waals surface area contributed by atoms with Gasteiger partial charge in [0.1, 0.15) is 0 Å². The molecule has 1 aliphatic carbocycles. The molecule has 0 radical (unpaired) electrons. The van der Waals surface area contributed by atoms with Crippen LogP contribution in [0.25, 0.3) is 0 Å². The molecule has 0 bridgehead atoms. The third-order valence-electron chi connectivity index (χ3n) is 6.73. The van der Waals surface area contributed by atoms with Crippen LogP contribution in [0.2, 0.25) is 0 Å². The van der Waals surface area contributed by atoms with E-state index in [1.54, 1.807) is 0 Å². The van der Waals surface area contributed by atoms with Crippen LogP contribution in [0.1, 0.15) is 105 Å². The molecule has 0 saturated heterocycles. The molecule has 4 heteroatoms. The minimum atomic E-state index is -0.342. The van der Waals surface area contributed by atoms with Gasteiger partial charge in [-0.1, -0.05) is 73.1 Å². The van der Waals surface area contributed by atoms with E-state index in [0.717, 1.165) is 57.8 Å². The fourth-order valence-corrected chi connectivity index (χ4v) is 4.33. The topological polar surface area (TPSA) is 52.6 Å². The molecule has 0 heterocycles. The first-order chi connectivity index (χ1) is 14.0. The minimum Gasteiger partial charge on any atom is -0.465 e. The third kappa shape index (κ3) is 9.53. The van der Waals surface area contributed by atoms with Gasteiger partial charge in [-0.25, -0.2) is 0 Å². The van der Waals surface area contributed by atoms with E-state index in [1.807, 2.05) is 0 Å². The SMILES string of the molecule is CCCCC(CC)COC(=O)C1CCC(C)CC1C(=O)OCC(CC)CCCC. The Kier molecular flexibility index (Phi) is 13.3. The van der Waals surface area contributed by atoms with Crippen molar-refractivity contribution in [3.8, 4) is 0 Å². The van der Waals surface area contributed by atoms with Gasteiger partial charge in [0.15, 0.2) is 0 Å². The van der Waals surface area contributed by atoms with Crippen LogP contribution in [0.15, 0.2) is 0 Å². The summed E-state index contributed by atoms with van der Waals surface area (Å²) in [6, 6.07) is 0. The van der Waals surface area contributed by atoms with Crippen LogP contribution >= 0.6 is 0 Å². The smallest absolute Gasteiger partial charge is 0.309 e. The lowest BCUT2D eigenvalue weighted by molar-refractivity contribution is -0.165. The normalized spacial score (nSPS) is 24.0. The molecule has 0 aromatic carbocycles. The zero-order chi connectivity index (χ0) is 21.6. The average molecular weight is 411 g/mol. The molecule has 1 aliphatic rings. The monoisotopic (exact) mass is 410 g/mol. The van der Waals surface area contributed by atoms with Crippen LogP contribution in [-0.4, -0.2) is 25.2 Å². The summed E-state index contributed by atoms with van der Waals surface area (Å²) in [5.74, 6) is 0.249. The quantitative estimate of drug-likeness (QED) is 0.304. The first-order valence-corrected chi connectivity index (χ1v) is 12.3. The molecule has 170 valence electrons. The summed E-state index contributed by atoms with van der Waals surface area (Å²) in [5.41, 5.74) is 0. The lowest BCUT2D eigenvalue weighted by Gasteiger charge is -2.32. The van der Waals surface area contributed by atoms with Crippen molar-refractivity contribution in [2.45, 2.75) is 105 Å². The van der Waals surface area contributed by atoms with Crippen molar-refractivity contribution < 1.29 is 19.1 Å². The van der Waals surface area contributed by atoms with E-state index in [4.69, 9.17) is 9.47 Å². The summed E-state index contributed by atoms with van der Waals surface area (Å²) in [4.78, 5) is 25.7. The van der Waals surface area contributed by atoms with Gasteiger partial charge in [0.25, 0.3) is 0 Å². The predicted octanol–water partition coefficient (Wildman–Crippen LogP) is 6.56. The summed E-state index contributed by atoms with van der Waals surface area (Å²) in [6.45, 7) is 11.8. The van der Waals surface area contributed by atoms with E-state index in [0.29, 0.717) is 31.0 Å². The predicted molar refractivity (Wildman–Crippen MR) is 119 cm³/mol. The summed E-state index contributed by atoms with van der Waals surface area (Å²) in [6.07, 6.45) is 11.4. The first kappa shape index (κ1) is 26.0. The van der Waals surface area contributed by atoms with Crippen molar-refractivity contribution in [1.29, 1.82) is 0 Å². The summed E-state index contributed by atoms with van der Waals surface area (Å²) < 4.78 is 11.4. The first-order valence-electron chi connectivity index (χ1n) is 12.3. The number of esters is 2. The van der Waals surface area contributed by atoms with Crippen LogP contribution < -0.4 is 0 Å². The van der Waals surface area contributed by atoms with Gasteiger partial charge in [-0.15, -0.1) is 0 Å². The molecule has 0 aliphatic heterocycles. The number of carbonyl (C=O) groups excluding carboxylic acids is 2. The Labute approximate surface area is 179 Å². The molecule has 0 N–H and O–H groups in total. The van der Waals surface area contributed by atoms with Gasteiger partial charge in [0.2, 0.25) is 0 Å². The lowest BCUT2D eigenvalue weighted by Crippen LogP contribution is -2.38. The number of carbonyl (C=O) groups is 2. The molecule has 0 amide bonds. The van der Waals surface area contributed by atoms with Crippen molar-refractivity contribution in [2.24, 2.45) is 29.6 Å². The van der Waals surface area contributed by atoms with Gasteiger partial charge in [0.05, 0.1) is 25.0 Å². The highest BCUT2D eigenvalue weighted by atomic mass is 16.5. The summed E-state index contributed by atoms with van der Waals surface area (Å²) in [5, 5.41) is 0. The fourth-order valence-electron chi connectivity index (χ4n) is 4.33. The van der Waals surface area contributed by atoms with Gasteiger partial charge < -0.3 is 9.47 Å². The molecule has 1 fully saturated rings. The van der Waals surface area contributed by atoms with Crippen molar-refractivity contribution in [1.82, 2.24) is 0 Å². The highest BCUT2D eigenvalue weighted by Crippen LogP contribution is 2.36. The standard InChI is InChI=1S/C25H46O4/c1-6-10-12-20(8-3)17-28-24(26)22-15-14-19(5)16-23(22)25(27)29-18-21(9-4)13-11-7-2/h19-23H,6-18H2,1-5H3. The molecule has 5 unspecified atom stereocenters. The Morgan fingerprint density at radius 1 is 0.793 bits per heavy atom. The maximum atomic E-state index is 12.9. The molecule has 4 nitrogen and oxygen atoms in total. The zero-order valence-electron chi connectivity index (χ0n) is 19.7. The van der Waals surface area contributed by atoms with Gasteiger partial charge in [-0.2, -0.15) is 0 Å². The van der Waals surface area contributed by atoms with E-state index < -0.39 is 0 Å². The molecule has 29 heavy (non-hydrogen) atoms. The number of unbranched alkanes of at least 4 members (excludes halogenated alkanes) is 2. The molecule has 1 rings (SSSR count). The highest BCUT2D eigenvalue weighted by molar-refractivity contribution is 5.82. The highest BCUT2D eigenvalue weighted by Gasteiger charge is 2.40. The Hall–Kier alpha value is -1.06. The third-order valence-corrected chi connectivity index (χ3v) is 6.73. The molecule has 0 aromatic rings. The Balaban J connectivity index is 2.62.